The van der Waals surface area contributed by atoms with Crippen molar-refractivity contribution in [2.24, 2.45) is 5.41 Å². The van der Waals surface area contributed by atoms with Gasteiger partial charge >= 0.3 is 0 Å². The van der Waals surface area contributed by atoms with Gasteiger partial charge < -0.3 is 5.32 Å². The zero-order valence-corrected chi connectivity index (χ0v) is 12.1. The number of rotatable bonds is 3. The van der Waals surface area contributed by atoms with Crippen molar-refractivity contribution in [3.05, 3.63) is 34.6 Å². The van der Waals surface area contributed by atoms with Gasteiger partial charge in [-0.2, -0.15) is 0 Å². The van der Waals surface area contributed by atoms with Gasteiger partial charge in [0.2, 0.25) is 0 Å². The number of hydrogen-bond donors (Lipinski definition) is 1. The molecule has 1 N–H and O–H groups in total. The molecule has 0 amide bonds. The molecule has 100 valence electrons. The summed E-state index contributed by atoms with van der Waals surface area (Å²) in [5, 5.41) is 3.54. The average molecular weight is 249 g/mol. The second-order valence-electron chi connectivity index (χ2n) is 6.19. The maximum Gasteiger partial charge on any atom is 0.129 e. The molecule has 2 heteroatoms. The van der Waals surface area contributed by atoms with Gasteiger partial charge in [-0.25, -0.2) is 4.39 Å². The molecule has 0 aromatic heterocycles. The van der Waals surface area contributed by atoms with E-state index < -0.39 is 0 Å². The monoisotopic (exact) mass is 249 g/mol. The van der Waals surface area contributed by atoms with Crippen LogP contribution in [0.25, 0.3) is 0 Å². The molecule has 0 radical (unpaired) electrons. The molecule has 1 saturated carbocycles. The Morgan fingerprint density at radius 2 is 1.83 bits per heavy atom. The van der Waals surface area contributed by atoms with Crippen LogP contribution >= 0.6 is 0 Å². The number of halogens is 1. The van der Waals surface area contributed by atoms with Gasteiger partial charge in [0, 0.05) is 6.04 Å². The third kappa shape index (κ3) is 2.07. The van der Waals surface area contributed by atoms with Crippen molar-refractivity contribution in [1.29, 1.82) is 0 Å². The van der Waals surface area contributed by atoms with Gasteiger partial charge in [-0.3, -0.25) is 0 Å². The molecule has 2 atom stereocenters. The molecule has 1 nitrogen and oxygen atoms in total. The molecule has 0 aliphatic heterocycles. The van der Waals surface area contributed by atoms with Crippen LogP contribution in [0, 0.1) is 25.1 Å². The van der Waals surface area contributed by atoms with E-state index in [-0.39, 0.29) is 11.2 Å². The summed E-state index contributed by atoms with van der Waals surface area (Å²) >= 11 is 0. The first kappa shape index (κ1) is 13.5. The van der Waals surface area contributed by atoms with Gasteiger partial charge in [0.25, 0.3) is 0 Å². The van der Waals surface area contributed by atoms with Gasteiger partial charge in [0.05, 0.1) is 0 Å². The Balaban J connectivity index is 2.25. The van der Waals surface area contributed by atoms with Crippen molar-refractivity contribution in [3.8, 4) is 0 Å². The van der Waals surface area contributed by atoms with E-state index in [1.54, 1.807) is 0 Å². The maximum atomic E-state index is 13.7. The molecule has 0 bridgehead atoms. The minimum absolute atomic E-state index is 0.0564. The van der Waals surface area contributed by atoms with Crippen LogP contribution in [0.3, 0.4) is 0 Å². The van der Waals surface area contributed by atoms with Crippen LogP contribution in [-0.2, 0) is 0 Å². The maximum absolute atomic E-state index is 13.7. The van der Waals surface area contributed by atoms with Gasteiger partial charge in [-0.1, -0.05) is 32.9 Å². The number of aryl methyl sites for hydroxylation is 2. The molecule has 2 unspecified atom stereocenters. The fraction of sp³-hybridized carbons (Fsp3) is 0.625. The van der Waals surface area contributed by atoms with E-state index >= 15 is 0 Å². The summed E-state index contributed by atoms with van der Waals surface area (Å²) in [6.07, 6.45) is 1.16. The molecule has 1 aliphatic carbocycles. The van der Waals surface area contributed by atoms with Crippen molar-refractivity contribution in [2.45, 2.75) is 53.0 Å². The van der Waals surface area contributed by atoms with Crippen LogP contribution in [0.15, 0.2) is 12.1 Å². The largest absolute Gasteiger partial charge is 0.314 e. The highest BCUT2D eigenvalue weighted by Gasteiger charge is 2.48. The van der Waals surface area contributed by atoms with Crippen molar-refractivity contribution < 1.29 is 4.39 Å². The highest BCUT2D eigenvalue weighted by Crippen LogP contribution is 2.52. The fourth-order valence-electron chi connectivity index (χ4n) is 3.26. The Labute approximate surface area is 110 Å². The molecule has 2 rings (SSSR count). The third-order valence-corrected chi connectivity index (χ3v) is 4.58. The Hall–Kier alpha value is -0.890. The van der Waals surface area contributed by atoms with Crippen LogP contribution < -0.4 is 5.32 Å². The average Bonchev–Trinajstić information content (AvgIpc) is 2.30. The standard InChI is InChI=1S/C16H24FN/c1-6-18-14-9-13(16(14,4)5)12-7-10(2)15(17)11(3)8-12/h7-8,13-14,18H,6,9H2,1-5H3. The number of benzene rings is 1. The Morgan fingerprint density at radius 3 is 2.28 bits per heavy atom. The highest BCUT2D eigenvalue weighted by molar-refractivity contribution is 5.36. The van der Waals surface area contributed by atoms with Crippen molar-refractivity contribution >= 4 is 0 Å². The second-order valence-corrected chi connectivity index (χ2v) is 6.19. The molecule has 0 heterocycles. The lowest BCUT2D eigenvalue weighted by Crippen LogP contribution is -2.55. The van der Waals surface area contributed by atoms with E-state index in [0.29, 0.717) is 12.0 Å². The Morgan fingerprint density at radius 1 is 1.28 bits per heavy atom. The van der Waals surface area contributed by atoms with Crippen LogP contribution in [-0.4, -0.2) is 12.6 Å². The van der Waals surface area contributed by atoms with Crippen molar-refractivity contribution in [3.63, 3.8) is 0 Å². The molecule has 0 spiro atoms. The predicted octanol–water partition coefficient (Wildman–Crippen LogP) is 3.93. The van der Waals surface area contributed by atoms with E-state index in [2.05, 4.69) is 26.1 Å². The van der Waals surface area contributed by atoms with E-state index in [1.165, 1.54) is 5.56 Å². The van der Waals surface area contributed by atoms with Gasteiger partial charge in [-0.05, 0) is 54.8 Å². The van der Waals surface area contributed by atoms with Crippen LogP contribution in [0.5, 0.6) is 0 Å². The summed E-state index contributed by atoms with van der Waals surface area (Å²) in [6.45, 7) is 11.5. The topological polar surface area (TPSA) is 12.0 Å². The van der Waals surface area contributed by atoms with Crippen LogP contribution in [0.2, 0.25) is 0 Å². The predicted molar refractivity (Wildman–Crippen MR) is 74.5 cm³/mol. The smallest absolute Gasteiger partial charge is 0.129 e. The third-order valence-electron chi connectivity index (χ3n) is 4.58. The summed E-state index contributed by atoms with van der Waals surface area (Å²) in [5.41, 5.74) is 3.10. The first-order valence-corrected chi connectivity index (χ1v) is 6.88. The summed E-state index contributed by atoms with van der Waals surface area (Å²) in [7, 11) is 0. The molecule has 0 saturated heterocycles. The minimum Gasteiger partial charge on any atom is -0.314 e. The first-order valence-electron chi connectivity index (χ1n) is 6.88. The molecule has 1 fully saturated rings. The zero-order valence-electron chi connectivity index (χ0n) is 12.1. The zero-order chi connectivity index (χ0) is 13.5. The minimum atomic E-state index is -0.0564. The van der Waals surface area contributed by atoms with Crippen molar-refractivity contribution in [1.82, 2.24) is 5.32 Å². The molecular weight excluding hydrogens is 225 g/mol. The summed E-state index contributed by atoms with van der Waals surface area (Å²) in [4.78, 5) is 0. The van der Waals surface area contributed by atoms with E-state index in [4.69, 9.17) is 0 Å². The van der Waals surface area contributed by atoms with Crippen LogP contribution in [0.1, 0.15) is 49.8 Å². The van der Waals surface area contributed by atoms with Gasteiger partial charge in [0.1, 0.15) is 5.82 Å². The normalized spacial score (nSPS) is 25.9. The lowest BCUT2D eigenvalue weighted by molar-refractivity contribution is 0.0705. The summed E-state index contributed by atoms with van der Waals surface area (Å²) < 4.78 is 13.7. The molecule has 1 aliphatic rings. The number of hydrogen-bond acceptors (Lipinski definition) is 1. The Kier molecular flexibility index (Phi) is 3.50. The highest BCUT2D eigenvalue weighted by atomic mass is 19.1. The molecule has 18 heavy (non-hydrogen) atoms. The molecule has 1 aromatic rings. The quantitative estimate of drug-likeness (QED) is 0.855. The van der Waals surface area contributed by atoms with Crippen LogP contribution in [0.4, 0.5) is 4.39 Å². The van der Waals surface area contributed by atoms with E-state index in [1.807, 2.05) is 26.0 Å². The summed E-state index contributed by atoms with van der Waals surface area (Å²) in [5.74, 6) is 0.485. The van der Waals surface area contributed by atoms with Gasteiger partial charge in [-0.15, -0.1) is 0 Å². The van der Waals surface area contributed by atoms with Crippen molar-refractivity contribution in [2.75, 3.05) is 6.54 Å². The van der Waals surface area contributed by atoms with E-state index in [9.17, 15) is 4.39 Å². The Bertz CT molecular complexity index is 427. The molecule has 1 aromatic carbocycles. The molecular formula is C16H24FN. The fourth-order valence-corrected chi connectivity index (χ4v) is 3.26. The SMILES string of the molecule is CCNC1CC(c2cc(C)c(F)c(C)c2)C1(C)C. The lowest BCUT2D eigenvalue weighted by Gasteiger charge is -2.53. The lowest BCUT2D eigenvalue weighted by atomic mass is 9.56. The summed E-state index contributed by atoms with van der Waals surface area (Å²) in [6, 6.07) is 4.63. The number of nitrogens with one attached hydrogen (secondary N) is 1. The second kappa shape index (κ2) is 4.65. The van der Waals surface area contributed by atoms with Gasteiger partial charge in [0.15, 0.2) is 0 Å². The van der Waals surface area contributed by atoms with E-state index in [0.717, 1.165) is 24.1 Å². The first-order chi connectivity index (χ1) is 8.37.